The number of rotatable bonds is 4. The molecule has 6 aromatic carbocycles. The molecule has 0 spiro atoms. The van der Waals surface area contributed by atoms with Crippen molar-refractivity contribution in [1.29, 1.82) is 0 Å². The fourth-order valence-electron chi connectivity index (χ4n) is 6.22. The van der Waals surface area contributed by atoms with E-state index >= 15 is 0 Å². The fourth-order valence-corrected chi connectivity index (χ4v) is 6.22. The smallest absolute Gasteiger partial charge is 0.187 e. The Kier molecular flexibility index (Phi) is 5.77. The largest absolute Gasteiger partial charge is 0.310 e. The molecule has 2 heteroatoms. The summed E-state index contributed by atoms with van der Waals surface area (Å²) in [5.74, 6) is 0. The summed E-state index contributed by atoms with van der Waals surface area (Å²) in [7, 11) is 0. The second kappa shape index (κ2) is 9.73. The van der Waals surface area contributed by atoms with Crippen LogP contribution in [0.15, 0.2) is 158 Å². The quantitative estimate of drug-likeness (QED) is 0.214. The highest BCUT2D eigenvalue weighted by atomic mass is 15.2. The van der Waals surface area contributed by atoms with Crippen LogP contribution in [0.3, 0.4) is 0 Å². The van der Waals surface area contributed by atoms with Crippen LogP contribution in [0.2, 0.25) is 0 Å². The summed E-state index contributed by atoms with van der Waals surface area (Å²) in [5.41, 5.74) is 10.9. The van der Waals surface area contributed by atoms with Crippen LogP contribution in [0, 0.1) is 6.57 Å². The monoisotopic (exact) mass is 510 g/mol. The van der Waals surface area contributed by atoms with Crippen molar-refractivity contribution in [3.8, 4) is 11.1 Å². The lowest BCUT2D eigenvalue weighted by Crippen LogP contribution is -2.37. The average Bonchev–Trinajstić information content (AvgIpc) is 3.04. The van der Waals surface area contributed by atoms with Crippen molar-refractivity contribution >= 4 is 22.7 Å². The van der Waals surface area contributed by atoms with Gasteiger partial charge in [0.25, 0.3) is 0 Å². The standard InChI is InChI=1S/C38H26N2/c1-39-32-24-20-28(21-25-32)29-22-26-33(27-23-29)40-36-18-10-8-16-34(36)38(30-12-4-2-5-13-30,31-14-6-3-7-15-31)35-17-9-11-19-37(35)40/h2-27H. The number of fused-ring (bicyclic) bond motifs is 2. The number of para-hydroxylation sites is 2. The fraction of sp³-hybridized carbons (Fsp3) is 0.0263. The second-order valence-electron chi connectivity index (χ2n) is 10.1. The molecule has 1 aliphatic rings. The molecule has 1 aliphatic heterocycles. The van der Waals surface area contributed by atoms with E-state index in [2.05, 4.69) is 143 Å². The molecule has 0 aromatic heterocycles. The number of nitrogens with zero attached hydrogens (tertiary/aromatic N) is 2. The van der Waals surface area contributed by atoms with E-state index in [1.165, 1.54) is 33.6 Å². The first-order chi connectivity index (χ1) is 19.8. The molecule has 1 heterocycles. The zero-order valence-corrected chi connectivity index (χ0v) is 21.9. The highest BCUT2D eigenvalue weighted by Crippen LogP contribution is 2.57. The Hall–Kier alpha value is -5.39. The molecule has 0 amide bonds. The topological polar surface area (TPSA) is 7.60 Å². The summed E-state index contributed by atoms with van der Waals surface area (Å²) < 4.78 is 0. The van der Waals surface area contributed by atoms with Crippen LogP contribution >= 0.6 is 0 Å². The molecule has 0 saturated heterocycles. The van der Waals surface area contributed by atoms with E-state index in [9.17, 15) is 0 Å². The van der Waals surface area contributed by atoms with Gasteiger partial charge in [-0.3, -0.25) is 0 Å². The second-order valence-corrected chi connectivity index (χ2v) is 10.1. The van der Waals surface area contributed by atoms with Crippen molar-refractivity contribution in [1.82, 2.24) is 0 Å². The maximum Gasteiger partial charge on any atom is 0.187 e. The highest BCUT2D eigenvalue weighted by molar-refractivity contribution is 5.89. The van der Waals surface area contributed by atoms with Crippen molar-refractivity contribution in [2.75, 3.05) is 4.90 Å². The molecule has 0 atom stereocenters. The van der Waals surface area contributed by atoms with Crippen LogP contribution in [-0.4, -0.2) is 0 Å². The van der Waals surface area contributed by atoms with Gasteiger partial charge in [-0.25, -0.2) is 4.85 Å². The number of anilines is 3. The molecule has 0 radical (unpaired) electrons. The third kappa shape index (κ3) is 3.64. The maximum atomic E-state index is 7.24. The van der Waals surface area contributed by atoms with Crippen LogP contribution in [-0.2, 0) is 5.41 Å². The lowest BCUT2D eigenvalue weighted by atomic mass is 9.62. The highest BCUT2D eigenvalue weighted by Gasteiger charge is 2.46. The van der Waals surface area contributed by atoms with Gasteiger partial charge in [0, 0.05) is 5.69 Å². The van der Waals surface area contributed by atoms with E-state index < -0.39 is 5.41 Å². The van der Waals surface area contributed by atoms with E-state index in [-0.39, 0.29) is 0 Å². The predicted octanol–water partition coefficient (Wildman–Crippen LogP) is 10.1. The van der Waals surface area contributed by atoms with Crippen molar-refractivity contribution in [2.24, 2.45) is 0 Å². The first-order valence-electron chi connectivity index (χ1n) is 13.5. The first kappa shape index (κ1) is 23.7. The SMILES string of the molecule is [C-]#[N+]c1ccc(-c2ccc(N3c4ccccc4C(c4ccccc4)(c4ccccc4)c4ccccc43)cc2)cc1. The summed E-state index contributed by atoms with van der Waals surface area (Å²) >= 11 is 0. The third-order valence-corrected chi connectivity index (χ3v) is 7.97. The average molecular weight is 511 g/mol. The predicted molar refractivity (Wildman–Crippen MR) is 165 cm³/mol. The van der Waals surface area contributed by atoms with E-state index in [0.29, 0.717) is 5.69 Å². The molecule has 188 valence electrons. The Bertz CT molecular complexity index is 1740. The number of hydrogen-bond acceptors (Lipinski definition) is 1. The summed E-state index contributed by atoms with van der Waals surface area (Å²) in [6.45, 7) is 7.24. The van der Waals surface area contributed by atoms with Crippen LogP contribution in [0.25, 0.3) is 16.0 Å². The molecule has 0 saturated carbocycles. The summed E-state index contributed by atoms with van der Waals surface area (Å²) in [6, 6.07) is 55.9. The molecule has 7 rings (SSSR count). The molecule has 40 heavy (non-hydrogen) atoms. The Morgan fingerprint density at radius 3 is 1.35 bits per heavy atom. The number of benzene rings is 6. The van der Waals surface area contributed by atoms with E-state index in [4.69, 9.17) is 6.57 Å². The van der Waals surface area contributed by atoms with E-state index in [1.807, 2.05) is 24.3 Å². The summed E-state index contributed by atoms with van der Waals surface area (Å²) in [5, 5.41) is 0. The minimum absolute atomic E-state index is 0.462. The normalized spacial score (nSPS) is 13.1. The van der Waals surface area contributed by atoms with Gasteiger partial charge in [0.2, 0.25) is 0 Å². The van der Waals surface area contributed by atoms with Crippen LogP contribution < -0.4 is 4.90 Å². The minimum atomic E-state index is -0.462. The molecule has 2 nitrogen and oxygen atoms in total. The van der Waals surface area contributed by atoms with Gasteiger partial charge in [0.15, 0.2) is 5.69 Å². The molecular weight excluding hydrogens is 484 g/mol. The van der Waals surface area contributed by atoms with Gasteiger partial charge >= 0.3 is 0 Å². The zero-order valence-electron chi connectivity index (χ0n) is 21.9. The zero-order chi connectivity index (χ0) is 26.9. The molecule has 0 fully saturated rings. The van der Waals surface area contributed by atoms with Crippen LogP contribution in [0.4, 0.5) is 22.7 Å². The molecule has 0 N–H and O–H groups in total. The molecule has 0 aliphatic carbocycles. The lowest BCUT2D eigenvalue weighted by Gasteiger charge is -2.46. The van der Waals surface area contributed by atoms with Crippen molar-refractivity contribution in [3.05, 3.63) is 191 Å². The van der Waals surface area contributed by atoms with Gasteiger partial charge in [-0.15, -0.1) is 0 Å². The lowest BCUT2D eigenvalue weighted by molar-refractivity contribution is 0.731. The van der Waals surface area contributed by atoms with Gasteiger partial charge in [-0.2, -0.15) is 0 Å². The maximum absolute atomic E-state index is 7.24. The van der Waals surface area contributed by atoms with Crippen molar-refractivity contribution < 1.29 is 0 Å². The molecule has 0 bridgehead atoms. The Labute approximate surface area is 235 Å². The summed E-state index contributed by atoms with van der Waals surface area (Å²) in [4.78, 5) is 5.91. The Morgan fingerprint density at radius 2 is 0.875 bits per heavy atom. The minimum Gasteiger partial charge on any atom is -0.310 e. The van der Waals surface area contributed by atoms with Gasteiger partial charge in [-0.1, -0.05) is 133 Å². The first-order valence-corrected chi connectivity index (χ1v) is 13.5. The van der Waals surface area contributed by atoms with Gasteiger partial charge in [0.05, 0.1) is 23.4 Å². The molecule has 6 aromatic rings. The Morgan fingerprint density at radius 1 is 0.450 bits per heavy atom. The third-order valence-electron chi connectivity index (χ3n) is 7.97. The van der Waals surface area contributed by atoms with Gasteiger partial charge in [-0.05, 0) is 57.6 Å². The van der Waals surface area contributed by atoms with Gasteiger partial charge < -0.3 is 4.90 Å². The van der Waals surface area contributed by atoms with Crippen molar-refractivity contribution in [3.63, 3.8) is 0 Å². The van der Waals surface area contributed by atoms with Gasteiger partial charge in [0.1, 0.15) is 0 Å². The summed E-state index contributed by atoms with van der Waals surface area (Å²) in [6.07, 6.45) is 0. The molecule has 0 unspecified atom stereocenters. The van der Waals surface area contributed by atoms with E-state index in [0.717, 1.165) is 16.8 Å². The van der Waals surface area contributed by atoms with Crippen LogP contribution in [0.5, 0.6) is 0 Å². The molecular formula is C38H26N2. The number of hydrogen-bond donors (Lipinski definition) is 0. The van der Waals surface area contributed by atoms with E-state index in [1.54, 1.807) is 0 Å². The van der Waals surface area contributed by atoms with Crippen molar-refractivity contribution in [2.45, 2.75) is 5.41 Å². The van der Waals surface area contributed by atoms with Crippen LogP contribution in [0.1, 0.15) is 22.3 Å². The Balaban J connectivity index is 1.45.